The van der Waals surface area contributed by atoms with Crippen molar-refractivity contribution in [2.24, 2.45) is 0 Å². The first-order valence-electron chi connectivity index (χ1n) is 3.30. The van der Waals surface area contributed by atoms with Crippen molar-refractivity contribution in [3.8, 4) is 0 Å². The molecule has 0 bridgehead atoms. The summed E-state index contributed by atoms with van der Waals surface area (Å²) in [5.41, 5.74) is 0. The number of rotatable bonds is 6. The van der Waals surface area contributed by atoms with E-state index in [4.69, 9.17) is 4.74 Å². The average molecular weight is 208 g/mol. The van der Waals surface area contributed by atoms with Gasteiger partial charge in [-0.15, -0.1) is 0 Å². The van der Waals surface area contributed by atoms with Gasteiger partial charge in [-0.2, -0.15) is 0 Å². The van der Waals surface area contributed by atoms with Crippen LogP contribution in [-0.2, 0) is 4.74 Å². The molecule has 0 amide bonds. The van der Waals surface area contributed by atoms with Gasteiger partial charge in [0.2, 0.25) is 0 Å². The third kappa shape index (κ3) is 8.14. The number of halogens is 1. The minimum Gasteiger partial charge on any atom is -0.385 e. The Morgan fingerprint density at radius 3 is 2.90 bits per heavy atom. The van der Waals surface area contributed by atoms with Crippen LogP contribution in [0.25, 0.3) is 0 Å². The van der Waals surface area contributed by atoms with Gasteiger partial charge in [-0.25, -0.2) is 0 Å². The lowest BCUT2D eigenvalue weighted by Crippen LogP contribution is -2.17. The second-order valence-corrected chi connectivity index (χ2v) is 3.16. The van der Waals surface area contributed by atoms with Crippen LogP contribution < -0.4 is 5.32 Å². The largest absolute Gasteiger partial charge is 0.385 e. The minimum atomic E-state index is 0.821. The predicted molar refractivity (Wildman–Crippen MR) is 47.4 cm³/mol. The highest BCUT2D eigenvalue weighted by Crippen LogP contribution is 1.96. The van der Waals surface area contributed by atoms with Crippen LogP contribution in [0.2, 0.25) is 0 Å². The van der Waals surface area contributed by atoms with E-state index >= 15 is 0 Å². The van der Waals surface area contributed by atoms with Gasteiger partial charge < -0.3 is 10.1 Å². The summed E-state index contributed by atoms with van der Waals surface area (Å²) >= 11 is 3.26. The van der Waals surface area contributed by atoms with Crippen molar-refractivity contribution in [2.45, 2.75) is 6.42 Å². The molecule has 0 aliphatic rings. The van der Waals surface area contributed by atoms with Crippen LogP contribution in [0, 0.1) is 0 Å². The lowest BCUT2D eigenvalue weighted by molar-refractivity contribution is 0.194. The Balaban J connectivity index is 2.84. The van der Waals surface area contributed by atoms with Crippen molar-refractivity contribution in [3.05, 3.63) is 11.1 Å². The van der Waals surface area contributed by atoms with E-state index in [1.165, 1.54) is 0 Å². The van der Waals surface area contributed by atoms with E-state index < -0.39 is 0 Å². The van der Waals surface area contributed by atoms with Gasteiger partial charge in [0.15, 0.2) is 0 Å². The van der Waals surface area contributed by atoms with Crippen molar-refractivity contribution in [2.75, 3.05) is 26.8 Å². The molecule has 0 heterocycles. The Labute approximate surface area is 70.8 Å². The smallest absolute Gasteiger partial charge is 0.0474 e. The molecule has 3 heteroatoms. The second kappa shape index (κ2) is 7.25. The molecule has 1 N–H and O–H groups in total. The third-order valence-electron chi connectivity index (χ3n) is 1.02. The van der Waals surface area contributed by atoms with Crippen molar-refractivity contribution in [1.29, 1.82) is 0 Å². The molecule has 60 valence electrons. The molecular weight excluding hydrogens is 194 g/mol. The van der Waals surface area contributed by atoms with Crippen LogP contribution >= 0.6 is 15.9 Å². The number of methoxy groups -OCH3 is 1. The lowest BCUT2D eigenvalue weighted by Gasteiger charge is -2.01. The molecule has 0 rings (SSSR count). The molecule has 0 aliphatic carbocycles. The van der Waals surface area contributed by atoms with Crippen LogP contribution in [0.4, 0.5) is 0 Å². The summed E-state index contributed by atoms with van der Waals surface area (Å²) in [7, 11) is 1.71. The zero-order valence-electron chi connectivity index (χ0n) is 6.32. The van der Waals surface area contributed by atoms with Crippen LogP contribution in [0.15, 0.2) is 11.1 Å². The van der Waals surface area contributed by atoms with E-state index in [9.17, 15) is 0 Å². The quantitative estimate of drug-likeness (QED) is 0.668. The molecule has 0 aromatic carbocycles. The van der Waals surface area contributed by atoms with Crippen molar-refractivity contribution >= 4 is 15.9 Å². The van der Waals surface area contributed by atoms with Crippen molar-refractivity contribution in [3.63, 3.8) is 0 Å². The number of hydrogen-bond donors (Lipinski definition) is 1. The Bertz CT molecular complexity index is 95.6. The second-order valence-electron chi connectivity index (χ2n) is 2.04. The highest BCUT2D eigenvalue weighted by atomic mass is 79.9. The molecule has 0 aliphatic heterocycles. The van der Waals surface area contributed by atoms with Gasteiger partial charge in [0.25, 0.3) is 0 Å². The molecule has 0 saturated carbocycles. The minimum absolute atomic E-state index is 0.821. The Morgan fingerprint density at radius 2 is 2.40 bits per heavy atom. The highest BCUT2D eigenvalue weighted by Gasteiger charge is 1.87. The van der Waals surface area contributed by atoms with E-state index in [1.807, 2.05) is 0 Å². The maximum atomic E-state index is 4.87. The van der Waals surface area contributed by atoms with Gasteiger partial charge in [-0.3, -0.25) is 0 Å². The summed E-state index contributed by atoms with van der Waals surface area (Å²) in [6.45, 7) is 6.34. The first kappa shape index (κ1) is 10.1. The van der Waals surface area contributed by atoms with Gasteiger partial charge >= 0.3 is 0 Å². The van der Waals surface area contributed by atoms with Gasteiger partial charge in [-0.1, -0.05) is 22.5 Å². The van der Waals surface area contributed by atoms with Gasteiger partial charge in [0, 0.05) is 24.7 Å². The number of ether oxygens (including phenoxy) is 1. The summed E-state index contributed by atoms with van der Waals surface area (Å²) in [5.74, 6) is 0. The first-order valence-corrected chi connectivity index (χ1v) is 4.09. The van der Waals surface area contributed by atoms with Crippen LogP contribution in [-0.4, -0.2) is 26.8 Å². The summed E-state index contributed by atoms with van der Waals surface area (Å²) in [6.07, 6.45) is 1.05. The zero-order valence-corrected chi connectivity index (χ0v) is 7.91. The molecule has 0 unspecified atom stereocenters. The fourth-order valence-corrected chi connectivity index (χ4v) is 0.764. The van der Waals surface area contributed by atoms with Crippen molar-refractivity contribution < 1.29 is 4.74 Å². The van der Waals surface area contributed by atoms with E-state index in [-0.39, 0.29) is 0 Å². The molecular formula is C7H14BrNO. The molecule has 0 spiro atoms. The molecule has 0 aromatic heterocycles. The van der Waals surface area contributed by atoms with Gasteiger partial charge in [0.1, 0.15) is 0 Å². The summed E-state index contributed by atoms with van der Waals surface area (Å²) < 4.78 is 5.87. The zero-order chi connectivity index (χ0) is 7.82. The Morgan fingerprint density at radius 1 is 1.70 bits per heavy atom. The summed E-state index contributed by atoms with van der Waals surface area (Å²) in [5, 5.41) is 3.19. The standard InChI is InChI=1S/C7H14BrNO/c1-7(8)6-9-4-3-5-10-2/h9H,1,3-6H2,2H3. The van der Waals surface area contributed by atoms with E-state index in [0.29, 0.717) is 0 Å². The number of nitrogens with one attached hydrogen (secondary N) is 1. The first-order chi connectivity index (χ1) is 4.77. The third-order valence-corrected chi connectivity index (χ3v) is 1.30. The molecule has 0 saturated heterocycles. The van der Waals surface area contributed by atoms with Crippen LogP contribution in [0.3, 0.4) is 0 Å². The fourth-order valence-electron chi connectivity index (χ4n) is 0.566. The van der Waals surface area contributed by atoms with E-state index in [0.717, 1.165) is 30.6 Å². The van der Waals surface area contributed by atoms with Gasteiger partial charge in [-0.05, 0) is 13.0 Å². The molecule has 0 atom stereocenters. The topological polar surface area (TPSA) is 21.3 Å². The van der Waals surface area contributed by atoms with E-state index in [2.05, 4.69) is 27.8 Å². The molecule has 0 radical (unpaired) electrons. The van der Waals surface area contributed by atoms with Crippen LogP contribution in [0.1, 0.15) is 6.42 Å². The van der Waals surface area contributed by atoms with Crippen LogP contribution in [0.5, 0.6) is 0 Å². The maximum absolute atomic E-state index is 4.87. The maximum Gasteiger partial charge on any atom is 0.0474 e. The normalized spacial score (nSPS) is 9.80. The monoisotopic (exact) mass is 207 g/mol. The summed E-state index contributed by atoms with van der Waals surface area (Å²) in [4.78, 5) is 0. The fraction of sp³-hybridized carbons (Fsp3) is 0.714. The lowest BCUT2D eigenvalue weighted by atomic mass is 10.4. The average Bonchev–Trinajstić information content (AvgIpc) is 1.87. The number of hydrogen-bond acceptors (Lipinski definition) is 2. The molecule has 0 fully saturated rings. The van der Waals surface area contributed by atoms with Crippen molar-refractivity contribution in [1.82, 2.24) is 5.32 Å². The Hall–Kier alpha value is 0.140. The predicted octanol–water partition coefficient (Wildman–Crippen LogP) is 1.52. The highest BCUT2D eigenvalue weighted by molar-refractivity contribution is 9.11. The Kier molecular flexibility index (Phi) is 7.35. The van der Waals surface area contributed by atoms with E-state index in [1.54, 1.807) is 7.11 Å². The molecule has 0 aromatic rings. The molecule has 2 nitrogen and oxygen atoms in total. The SMILES string of the molecule is C=C(Br)CNCCCOC. The molecule has 10 heavy (non-hydrogen) atoms. The van der Waals surface area contributed by atoms with Gasteiger partial charge in [0.05, 0.1) is 0 Å². The summed E-state index contributed by atoms with van der Waals surface area (Å²) in [6, 6.07) is 0.